The van der Waals surface area contributed by atoms with Crippen molar-refractivity contribution < 1.29 is 14.3 Å². The number of carbonyl (C=O) groups is 1. The predicted octanol–water partition coefficient (Wildman–Crippen LogP) is 1.45. The third-order valence-corrected chi connectivity index (χ3v) is 3.08. The fraction of sp³-hybridized carbons (Fsp3) is 0.500. The predicted molar refractivity (Wildman–Crippen MR) is 68.1 cm³/mol. The number of esters is 1. The Morgan fingerprint density at radius 1 is 1.44 bits per heavy atom. The van der Waals surface area contributed by atoms with Crippen molar-refractivity contribution in [1.29, 1.82) is 0 Å². The Balaban J connectivity index is 1.75. The van der Waals surface area contributed by atoms with E-state index in [1.165, 1.54) is 0 Å². The molecular formula is C14H19NO3. The summed E-state index contributed by atoms with van der Waals surface area (Å²) in [4.78, 5) is 13.8. The van der Waals surface area contributed by atoms with E-state index >= 15 is 0 Å². The molecule has 0 aliphatic carbocycles. The minimum Gasteiger partial charge on any atom is -0.460 e. The highest BCUT2D eigenvalue weighted by molar-refractivity contribution is 5.71. The Morgan fingerprint density at radius 2 is 2.22 bits per heavy atom. The zero-order chi connectivity index (χ0) is 12.8. The van der Waals surface area contributed by atoms with Crippen molar-refractivity contribution in [2.75, 3.05) is 26.3 Å². The van der Waals surface area contributed by atoms with Gasteiger partial charge in [0.05, 0.1) is 19.8 Å². The average Bonchev–Trinajstić information content (AvgIpc) is 2.40. The summed E-state index contributed by atoms with van der Waals surface area (Å²) in [6.45, 7) is 4.92. The second-order valence-corrected chi connectivity index (χ2v) is 4.54. The minimum absolute atomic E-state index is 0.174. The average molecular weight is 249 g/mol. The van der Waals surface area contributed by atoms with E-state index in [9.17, 15) is 4.79 Å². The lowest BCUT2D eigenvalue weighted by molar-refractivity contribution is -0.148. The number of hydrogen-bond acceptors (Lipinski definition) is 4. The smallest absolute Gasteiger partial charge is 0.320 e. The maximum atomic E-state index is 11.7. The van der Waals surface area contributed by atoms with E-state index in [1.807, 2.05) is 30.3 Å². The molecule has 4 heteroatoms. The van der Waals surface area contributed by atoms with Crippen LogP contribution in [0.5, 0.6) is 0 Å². The van der Waals surface area contributed by atoms with Gasteiger partial charge in [-0.15, -0.1) is 0 Å². The summed E-state index contributed by atoms with van der Waals surface area (Å²) >= 11 is 0. The molecule has 0 N–H and O–H groups in total. The molecule has 1 unspecified atom stereocenters. The molecule has 0 radical (unpaired) electrons. The second-order valence-electron chi connectivity index (χ2n) is 4.54. The molecule has 0 amide bonds. The summed E-state index contributed by atoms with van der Waals surface area (Å²) in [7, 11) is 0. The Morgan fingerprint density at radius 3 is 2.94 bits per heavy atom. The Labute approximate surface area is 107 Å². The lowest BCUT2D eigenvalue weighted by Gasteiger charge is -2.32. The van der Waals surface area contributed by atoms with Crippen LogP contribution in [0.3, 0.4) is 0 Å². The van der Waals surface area contributed by atoms with Crippen molar-refractivity contribution >= 4 is 5.97 Å². The van der Waals surface area contributed by atoms with E-state index in [4.69, 9.17) is 9.47 Å². The van der Waals surface area contributed by atoms with Crippen LogP contribution in [0.2, 0.25) is 0 Å². The highest BCUT2D eigenvalue weighted by atomic mass is 16.5. The fourth-order valence-electron chi connectivity index (χ4n) is 1.95. The van der Waals surface area contributed by atoms with Gasteiger partial charge < -0.3 is 9.47 Å². The summed E-state index contributed by atoms with van der Waals surface area (Å²) in [6.07, 6.45) is 0. The van der Waals surface area contributed by atoms with E-state index in [2.05, 4.69) is 11.8 Å². The van der Waals surface area contributed by atoms with Crippen LogP contribution >= 0.6 is 0 Å². The lowest BCUT2D eigenvalue weighted by Crippen LogP contribution is -2.46. The van der Waals surface area contributed by atoms with Gasteiger partial charge in [0.15, 0.2) is 0 Å². The molecule has 4 nitrogen and oxygen atoms in total. The monoisotopic (exact) mass is 249 g/mol. The van der Waals surface area contributed by atoms with Gasteiger partial charge in [0.2, 0.25) is 0 Å². The molecule has 0 aromatic heterocycles. The zero-order valence-corrected chi connectivity index (χ0v) is 10.7. The van der Waals surface area contributed by atoms with Crippen molar-refractivity contribution in [2.45, 2.75) is 19.6 Å². The number of rotatable bonds is 4. The van der Waals surface area contributed by atoms with E-state index in [-0.39, 0.29) is 12.0 Å². The first-order valence-corrected chi connectivity index (χ1v) is 6.27. The van der Waals surface area contributed by atoms with Gasteiger partial charge in [-0.05, 0) is 12.5 Å². The molecule has 0 spiro atoms. The minimum atomic E-state index is -0.174. The van der Waals surface area contributed by atoms with Gasteiger partial charge in [0, 0.05) is 12.6 Å². The molecule has 18 heavy (non-hydrogen) atoms. The van der Waals surface area contributed by atoms with Gasteiger partial charge in [0.25, 0.3) is 0 Å². The number of carbonyl (C=O) groups excluding carboxylic acids is 1. The maximum Gasteiger partial charge on any atom is 0.320 e. The molecule has 98 valence electrons. The molecule has 1 saturated heterocycles. The van der Waals surface area contributed by atoms with Crippen molar-refractivity contribution in [2.24, 2.45) is 0 Å². The van der Waals surface area contributed by atoms with Crippen LogP contribution in [0.1, 0.15) is 12.5 Å². The molecule has 1 aromatic rings. The normalized spacial score (nSPS) is 20.6. The molecule has 1 aliphatic heterocycles. The van der Waals surface area contributed by atoms with Crippen LogP contribution in [0.15, 0.2) is 30.3 Å². The number of hydrogen-bond donors (Lipinski definition) is 0. The van der Waals surface area contributed by atoms with E-state index in [0.29, 0.717) is 26.4 Å². The van der Waals surface area contributed by atoms with Crippen LogP contribution in [-0.2, 0) is 20.9 Å². The standard InChI is InChI=1S/C14H19NO3/c1-12-10-17-8-7-15(12)9-14(16)18-11-13-5-3-2-4-6-13/h2-6,12H,7-11H2,1H3. The number of nitrogens with zero attached hydrogens (tertiary/aromatic N) is 1. The highest BCUT2D eigenvalue weighted by Gasteiger charge is 2.21. The van der Waals surface area contributed by atoms with Crippen LogP contribution in [0, 0.1) is 0 Å². The maximum absolute atomic E-state index is 11.7. The lowest BCUT2D eigenvalue weighted by atomic mass is 10.2. The van der Waals surface area contributed by atoms with E-state index in [1.54, 1.807) is 0 Å². The van der Waals surface area contributed by atoms with Gasteiger partial charge in [-0.25, -0.2) is 0 Å². The van der Waals surface area contributed by atoms with Gasteiger partial charge in [-0.3, -0.25) is 9.69 Å². The third-order valence-electron chi connectivity index (χ3n) is 3.08. The summed E-state index contributed by atoms with van der Waals surface area (Å²) < 4.78 is 10.6. The molecule has 1 aromatic carbocycles. The summed E-state index contributed by atoms with van der Waals surface area (Å²) in [5, 5.41) is 0. The first-order chi connectivity index (χ1) is 8.75. The molecule has 1 atom stereocenters. The van der Waals surface area contributed by atoms with Crippen molar-refractivity contribution in [3.63, 3.8) is 0 Å². The van der Waals surface area contributed by atoms with Gasteiger partial charge in [-0.1, -0.05) is 30.3 Å². The topological polar surface area (TPSA) is 38.8 Å². The number of benzene rings is 1. The van der Waals surface area contributed by atoms with Crippen molar-refractivity contribution in [3.8, 4) is 0 Å². The Kier molecular flexibility index (Phi) is 4.73. The second kappa shape index (κ2) is 6.52. The van der Waals surface area contributed by atoms with Gasteiger partial charge in [0.1, 0.15) is 6.61 Å². The van der Waals surface area contributed by atoms with Crippen molar-refractivity contribution in [1.82, 2.24) is 4.90 Å². The molecule has 0 saturated carbocycles. The summed E-state index contributed by atoms with van der Waals surface area (Å²) in [5.74, 6) is -0.174. The quantitative estimate of drug-likeness (QED) is 0.757. The first-order valence-electron chi connectivity index (χ1n) is 6.27. The highest BCUT2D eigenvalue weighted by Crippen LogP contribution is 2.07. The molecule has 1 aliphatic rings. The molecule has 1 fully saturated rings. The SMILES string of the molecule is CC1COCCN1CC(=O)OCc1ccccc1. The van der Waals surface area contributed by atoms with E-state index < -0.39 is 0 Å². The Bertz CT molecular complexity index is 380. The first kappa shape index (κ1) is 13.1. The third kappa shape index (κ3) is 3.82. The fourth-order valence-corrected chi connectivity index (χ4v) is 1.95. The summed E-state index contributed by atoms with van der Waals surface area (Å²) in [6, 6.07) is 10.00. The molecular weight excluding hydrogens is 230 g/mol. The van der Waals surface area contributed by atoms with Crippen LogP contribution in [0.4, 0.5) is 0 Å². The van der Waals surface area contributed by atoms with Crippen LogP contribution in [-0.4, -0.2) is 43.2 Å². The largest absolute Gasteiger partial charge is 0.460 e. The number of ether oxygens (including phenoxy) is 2. The van der Waals surface area contributed by atoms with Crippen LogP contribution < -0.4 is 0 Å². The molecule has 2 rings (SSSR count). The van der Waals surface area contributed by atoms with Crippen molar-refractivity contribution in [3.05, 3.63) is 35.9 Å². The number of morpholine rings is 1. The van der Waals surface area contributed by atoms with Gasteiger partial charge >= 0.3 is 5.97 Å². The Hall–Kier alpha value is -1.39. The van der Waals surface area contributed by atoms with E-state index in [0.717, 1.165) is 12.1 Å². The van der Waals surface area contributed by atoms with Crippen LogP contribution in [0.25, 0.3) is 0 Å². The molecule has 1 heterocycles. The molecule has 0 bridgehead atoms. The summed E-state index contributed by atoms with van der Waals surface area (Å²) in [5.41, 5.74) is 1.01. The zero-order valence-electron chi connectivity index (χ0n) is 10.7. The van der Waals surface area contributed by atoms with Gasteiger partial charge in [-0.2, -0.15) is 0 Å².